The minimum Gasteiger partial charge on any atom is -0.277 e. The zero-order valence-corrected chi connectivity index (χ0v) is 19.1. The molecule has 9 heteroatoms. The number of fused-ring (bicyclic) bond motifs is 1. The summed E-state index contributed by atoms with van der Waals surface area (Å²) in [5.74, 6) is -0.833. The molecule has 0 saturated carbocycles. The maximum atomic E-state index is 13.0. The summed E-state index contributed by atoms with van der Waals surface area (Å²) in [6, 6.07) is 17.8. The molecule has 0 saturated heterocycles. The van der Waals surface area contributed by atoms with E-state index in [1.54, 1.807) is 48.5 Å². The molecular formula is C26H23N5O4. The third-order valence-electron chi connectivity index (χ3n) is 6.13. The largest absolute Gasteiger partial charge is 0.277 e. The van der Waals surface area contributed by atoms with Crippen LogP contribution in [0, 0.1) is 0 Å². The number of nitrogens with one attached hydrogen (secondary N) is 2. The Balaban J connectivity index is 1.23. The number of anilines is 1. The van der Waals surface area contributed by atoms with Crippen molar-refractivity contribution in [3.05, 3.63) is 82.1 Å². The minimum absolute atomic E-state index is 0.0693. The Morgan fingerprint density at radius 2 is 1.60 bits per heavy atom. The Bertz CT molecular complexity index is 1510. The Kier molecular flexibility index (Phi) is 5.74. The van der Waals surface area contributed by atoms with Crippen molar-refractivity contribution in [1.82, 2.24) is 19.9 Å². The first kappa shape index (κ1) is 22.3. The van der Waals surface area contributed by atoms with Crippen LogP contribution in [0.3, 0.4) is 0 Å². The Labute approximate surface area is 200 Å². The number of imide groups is 1. The highest BCUT2D eigenvalue weighted by Gasteiger charge is 2.32. The lowest BCUT2D eigenvalue weighted by Crippen LogP contribution is -2.41. The molecule has 0 fully saturated rings. The lowest BCUT2D eigenvalue weighted by molar-refractivity contribution is -0.120. The second-order valence-corrected chi connectivity index (χ2v) is 8.25. The fourth-order valence-corrected chi connectivity index (χ4v) is 4.43. The van der Waals surface area contributed by atoms with Crippen molar-refractivity contribution in [1.29, 1.82) is 0 Å². The number of para-hydroxylation sites is 1. The maximum absolute atomic E-state index is 13.0. The van der Waals surface area contributed by atoms with Crippen LogP contribution in [0.5, 0.6) is 0 Å². The van der Waals surface area contributed by atoms with Crippen LogP contribution in [0.15, 0.2) is 65.5 Å². The highest BCUT2D eigenvalue weighted by Crippen LogP contribution is 2.30. The Hall–Kier alpha value is -4.53. The molecule has 0 radical (unpaired) electrons. The van der Waals surface area contributed by atoms with Gasteiger partial charge in [0.05, 0.1) is 10.9 Å². The van der Waals surface area contributed by atoms with Gasteiger partial charge in [-0.25, -0.2) is 4.98 Å². The van der Waals surface area contributed by atoms with Crippen LogP contribution in [0.4, 0.5) is 5.95 Å². The van der Waals surface area contributed by atoms with E-state index < -0.39 is 0 Å². The van der Waals surface area contributed by atoms with E-state index in [2.05, 4.69) is 15.8 Å². The van der Waals surface area contributed by atoms with Crippen molar-refractivity contribution in [2.75, 3.05) is 12.0 Å². The van der Waals surface area contributed by atoms with E-state index in [4.69, 9.17) is 0 Å². The number of benzene rings is 3. The van der Waals surface area contributed by atoms with Crippen LogP contribution < -0.4 is 16.4 Å². The second kappa shape index (κ2) is 9.02. The highest BCUT2D eigenvalue weighted by molar-refractivity contribution is 6.25. The summed E-state index contributed by atoms with van der Waals surface area (Å²) in [6.45, 7) is 2.31. The predicted octanol–water partition coefficient (Wildman–Crippen LogP) is 3.09. The van der Waals surface area contributed by atoms with Gasteiger partial charge in [0.15, 0.2) is 0 Å². The van der Waals surface area contributed by atoms with Crippen LogP contribution in [-0.2, 0) is 11.3 Å². The van der Waals surface area contributed by atoms with Gasteiger partial charge < -0.3 is 0 Å². The minimum atomic E-state index is -0.356. The van der Waals surface area contributed by atoms with Crippen molar-refractivity contribution in [3.8, 4) is 0 Å². The van der Waals surface area contributed by atoms with Gasteiger partial charge in [0.25, 0.3) is 17.4 Å². The molecule has 2 N–H and O–H groups in total. The molecule has 0 atom stereocenters. The summed E-state index contributed by atoms with van der Waals surface area (Å²) >= 11 is 0. The monoisotopic (exact) mass is 469 g/mol. The summed E-state index contributed by atoms with van der Waals surface area (Å²) in [5, 5.41) is 2.02. The SMILES string of the molecule is CCn1c(NNC(=O)CCCN2C(=O)c3cccc4cccc(c34)C2=O)nc2ccccc2c1=O. The van der Waals surface area contributed by atoms with E-state index in [9.17, 15) is 19.2 Å². The van der Waals surface area contributed by atoms with E-state index >= 15 is 0 Å². The molecule has 0 spiro atoms. The molecule has 2 heterocycles. The number of amides is 3. The number of hydrazine groups is 1. The van der Waals surface area contributed by atoms with Gasteiger partial charge in [-0.3, -0.25) is 39.5 Å². The topological polar surface area (TPSA) is 113 Å². The van der Waals surface area contributed by atoms with E-state index in [-0.39, 0.29) is 48.6 Å². The summed E-state index contributed by atoms with van der Waals surface area (Å²) in [7, 11) is 0. The molecule has 0 unspecified atom stereocenters. The van der Waals surface area contributed by atoms with Crippen LogP contribution >= 0.6 is 0 Å². The summed E-state index contributed by atoms with van der Waals surface area (Å²) in [5.41, 5.74) is 6.59. The first-order chi connectivity index (χ1) is 17.0. The number of carbonyl (C=O) groups is 3. The van der Waals surface area contributed by atoms with E-state index in [0.29, 0.717) is 34.0 Å². The predicted molar refractivity (Wildman–Crippen MR) is 132 cm³/mol. The molecule has 35 heavy (non-hydrogen) atoms. The second-order valence-electron chi connectivity index (χ2n) is 8.25. The summed E-state index contributed by atoms with van der Waals surface area (Å²) < 4.78 is 1.44. The molecular weight excluding hydrogens is 446 g/mol. The van der Waals surface area contributed by atoms with Crippen molar-refractivity contribution in [2.45, 2.75) is 26.3 Å². The lowest BCUT2D eigenvalue weighted by Gasteiger charge is -2.27. The molecule has 0 aliphatic carbocycles. The molecule has 176 valence electrons. The molecule has 1 aliphatic rings. The van der Waals surface area contributed by atoms with Gasteiger partial charge in [-0.2, -0.15) is 0 Å². The van der Waals surface area contributed by atoms with Crippen molar-refractivity contribution in [2.24, 2.45) is 0 Å². The van der Waals surface area contributed by atoms with Crippen LogP contribution in [-0.4, -0.2) is 38.7 Å². The number of nitrogens with zero attached hydrogens (tertiary/aromatic N) is 3. The van der Waals surface area contributed by atoms with Gasteiger partial charge in [-0.1, -0.05) is 36.4 Å². The fourth-order valence-electron chi connectivity index (χ4n) is 4.43. The quantitative estimate of drug-likeness (QED) is 0.318. The first-order valence-corrected chi connectivity index (χ1v) is 11.4. The first-order valence-electron chi connectivity index (χ1n) is 11.4. The third kappa shape index (κ3) is 3.90. The molecule has 1 aliphatic heterocycles. The van der Waals surface area contributed by atoms with Gasteiger partial charge in [-0.15, -0.1) is 0 Å². The number of rotatable bonds is 7. The van der Waals surface area contributed by atoms with Crippen LogP contribution in [0.1, 0.15) is 40.5 Å². The number of hydrogen-bond acceptors (Lipinski definition) is 6. The van der Waals surface area contributed by atoms with Gasteiger partial charge in [0.2, 0.25) is 11.9 Å². The van der Waals surface area contributed by atoms with Crippen molar-refractivity contribution >= 4 is 45.3 Å². The summed E-state index contributed by atoms with van der Waals surface area (Å²) in [6.07, 6.45) is 0.356. The standard InChI is InChI=1S/C26H23N5O4/c1-2-30-23(33)17-10-3-4-13-20(17)27-26(30)29-28-21(32)14-7-15-31-24(34)18-11-5-8-16-9-6-12-19(22(16)18)25(31)35/h3-6,8-13H,2,7,14-15H2,1H3,(H,27,29)(H,28,32). The van der Waals surface area contributed by atoms with Crippen LogP contribution in [0.2, 0.25) is 0 Å². The molecule has 0 bridgehead atoms. The molecule has 4 aromatic rings. The van der Waals surface area contributed by atoms with Crippen molar-refractivity contribution in [3.63, 3.8) is 0 Å². The van der Waals surface area contributed by atoms with E-state index in [1.165, 1.54) is 9.47 Å². The molecule has 9 nitrogen and oxygen atoms in total. The van der Waals surface area contributed by atoms with Gasteiger partial charge in [-0.05, 0) is 43.0 Å². The number of hydrogen-bond donors (Lipinski definition) is 2. The average molecular weight is 470 g/mol. The Morgan fingerprint density at radius 1 is 0.914 bits per heavy atom. The Morgan fingerprint density at radius 3 is 2.29 bits per heavy atom. The van der Waals surface area contributed by atoms with Gasteiger partial charge in [0.1, 0.15) is 0 Å². The van der Waals surface area contributed by atoms with Gasteiger partial charge in [0, 0.05) is 36.0 Å². The molecule has 3 amide bonds. The zero-order chi connectivity index (χ0) is 24.5. The zero-order valence-electron chi connectivity index (χ0n) is 19.1. The van der Waals surface area contributed by atoms with Crippen molar-refractivity contribution < 1.29 is 14.4 Å². The molecule has 5 rings (SSSR count). The number of carbonyl (C=O) groups excluding carboxylic acids is 3. The third-order valence-corrected chi connectivity index (χ3v) is 6.13. The summed E-state index contributed by atoms with van der Waals surface area (Å²) in [4.78, 5) is 56.7. The molecule has 3 aromatic carbocycles. The lowest BCUT2D eigenvalue weighted by atomic mass is 9.94. The number of aromatic nitrogens is 2. The fraction of sp³-hybridized carbons (Fsp3) is 0.192. The molecule has 1 aromatic heterocycles. The smallest absolute Gasteiger partial charge is 0.262 e. The van der Waals surface area contributed by atoms with E-state index in [0.717, 1.165) is 5.39 Å². The van der Waals surface area contributed by atoms with Crippen LogP contribution in [0.25, 0.3) is 21.7 Å². The normalized spacial score (nSPS) is 12.9. The van der Waals surface area contributed by atoms with E-state index in [1.807, 2.05) is 19.1 Å². The van der Waals surface area contributed by atoms with Gasteiger partial charge >= 0.3 is 0 Å². The highest BCUT2D eigenvalue weighted by atomic mass is 16.2. The maximum Gasteiger partial charge on any atom is 0.262 e. The average Bonchev–Trinajstić information content (AvgIpc) is 2.88.